The third-order valence-electron chi connectivity index (χ3n) is 7.31. The Kier molecular flexibility index (Phi) is 6.21. The minimum Gasteiger partial charge on any atom is -0.333 e. The molecule has 2 aromatic rings. The summed E-state index contributed by atoms with van der Waals surface area (Å²) in [6.07, 6.45) is 0.850. The van der Waals surface area contributed by atoms with Crippen LogP contribution in [0.1, 0.15) is 24.3 Å². The number of carbonyl (C=O) groups excluding carboxylic acids is 2. The third-order valence-corrected chi connectivity index (χ3v) is 8.18. The molecular weight excluding hydrogens is 494 g/mol. The maximum Gasteiger partial charge on any atom is 0.324 e. The van der Waals surface area contributed by atoms with Crippen molar-refractivity contribution in [1.29, 1.82) is 0 Å². The van der Waals surface area contributed by atoms with Crippen molar-refractivity contribution in [2.24, 2.45) is 0 Å². The summed E-state index contributed by atoms with van der Waals surface area (Å²) < 4.78 is 62.5. The van der Waals surface area contributed by atoms with Crippen molar-refractivity contribution in [2.75, 3.05) is 43.4 Å². The second-order valence-electron chi connectivity index (χ2n) is 9.51. The number of halogens is 2. The van der Waals surface area contributed by atoms with Crippen LogP contribution in [0.2, 0.25) is 0 Å². The fraction of sp³-hybridized carbons (Fsp3) is 0.417. The van der Waals surface area contributed by atoms with Crippen LogP contribution in [0.5, 0.6) is 0 Å². The topological polar surface area (TPSA) is 110 Å². The van der Waals surface area contributed by atoms with Gasteiger partial charge in [-0.1, -0.05) is 0 Å². The van der Waals surface area contributed by atoms with E-state index in [9.17, 15) is 31.3 Å². The molecule has 2 fully saturated rings. The first kappa shape index (κ1) is 24.6. The van der Waals surface area contributed by atoms with Crippen LogP contribution in [0.25, 0.3) is 0 Å². The van der Waals surface area contributed by atoms with Gasteiger partial charge in [0.25, 0.3) is 10.1 Å². The van der Waals surface area contributed by atoms with Crippen LogP contribution in [0, 0.1) is 11.6 Å². The smallest absolute Gasteiger partial charge is 0.324 e. The monoisotopic (exact) mass is 520 g/mol. The first-order valence-electron chi connectivity index (χ1n) is 11.7. The molecule has 0 saturated carbocycles. The van der Waals surface area contributed by atoms with Gasteiger partial charge in [0.05, 0.1) is 17.8 Å². The molecule has 3 aliphatic heterocycles. The zero-order valence-corrected chi connectivity index (χ0v) is 20.2. The number of likely N-dealkylation sites (tertiary alicyclic amines) is 1. The fourth-order valence-corrected chi connectivity index (χ4v) is 6.93. The van der Waals surface area contributed by atoms with Gasteiger partial charge in [-0.05, 0) is 67.4 Å². The quantitative estimate of drug-likeness (QED) is 0.426. The summed E-state index contributed by atoms with van der Waals surface area (Å²) in [4.78, 5) is 28.7. The van der Waals surface area contributed by atoms with E-state index < -0.39 is 45.0 Å². The van der Waals surface area contributed by atoms with Crippen LogP contribution >= 0.6 is 0 Å². The molecule has 2 N–H and O–H groups in total. The van der Waals surface area contributed by atoms with E-state index in [-0.39, 0.29) is 19.0 Å². The van der Waals surface area contributed by atoms with Crippen molar-refractivity contribution in [3.8, 4) is 0 Å². The summed E-state index contributed by atoms with van der Waals surface area (Å²) in [6.45, 7) is 1.64. The molecule has 0 aromatic heterocycles. The summed E-state index contributed by atoms with van der Waals surface area (Å²) in [7, 11) is -4.44. The molecule has 3 heterocycles. The molecule has 12 heteroatoms. The molecule has 36 heavy (non-hydrogen) atoms. The molecule has 0 radical (unpaired) electrons. The number of carbonyl (C=O) groups is 2. The Morgan fingerprint density at radius 2 is 1.78 bits per heavy atom. The molecule has 192 valence electrons. The predicted octanol–water partition coefficient (Wildman–Crippen LogP) is 2.47. The van der Waals surface area contributed by atoms with E-state index in [0.29, 0.717) is 49.4 Å². The Hall–Kier alpha value is -3.09. The second kappa shape index (κ2) is 9.09. The highest BCUT2D eigenvalue weighted by molar-refractivity contribution is 7.85. The molecular formula is C24H26F2N4O5S. The van der Waals surface area contributed by atoms with Gasteiger partial charge in [-0.2, -0.15) is 8.42 Å². The molecule has 2 atom stereocenters. The van der Waals surface area contributed by atoms with Crippen LogP contribution in [0.15, 0.2) is 42.5 Å². The van der Waals surface area contributed by atoms with Crippen molar-refractivity contribution in [2.45, 2.75) is 24.3 Å². The van der Waals surface area contributed by atoms with E-state index in [1.54, 1.807) is 23.1 Å². The molecule has 5 rings (SSSR count). The lowest BCUT2D eigenvalue weighted by Crippen LogP contribution is -2.59. The minimum atomic E-state index is -4.44. The van der Waals surface area contributed by atoms with Crippen LogP contribution < -0.4 is 10.2 Å². The van der Waals surface area contributed by atoms with Gasteiger partial charge < -0.3 is 15.1 Å². The van der Waals surface area contributed by atoms with E-state index in [1.165, 1.54) is 29.2 Å². The van der Waals surface area contributed by atoms with Crippen LogP contribution in [0.4, 0.5) is 25.0 Å². The van der Waals surface area contributed by atoms with Crippen molar-refractivity contribution < 1.29 is 31.3 Å². The molecule has 0 aliphatic carbocycles. The van der Waals surface area contributed by atoms with Gasteiger partial charge in [0.2, 0.25) is 5.91 Å². The normalized spacial score (nSPS) is 24.1. The van der Waals surface area contributed by atoms with Gasteiger partial charge in [0.1, 0.15) is 11.6 Å². The Morgan fingerprint density at radius 1 is 1.06 bits per heavy atom. The molecule has 3 aliphatic rings. The lowest BCUT2D eigenvalue weighted by atomic mass is 9.77. The van der Waals surface area contributed by atoms with Crippen LogP contribution in [0.3, 0.4) is 0 Å². The lowest BCUT2D eigenvalue weighted by molar-refractivity contribution is -0.125. The number of nitrogens with zero attached hydrogens (tertiary/aromatic N) is 3. The highest BCUT2D eigenvalue weighted by atomic mass is 32.2. The summed E-state index contributed by atoms with van der Waals surface area (Å²) in [6, 6.07) is 9.49. The van der Waals surface area contributed by atoms with Gasteiger partial charge in [0.15, 0.2) is 0 Å². The van der Waals surface area contributed by atoms with E-state index in [4.69, 9.17) is 0 Å². The van der Waals surface area contributed by atoms with Gasteiger partial charge in [-0.15, -0.1) is 0 Å². The maximum absolute atomic E-state index is 14.4. The molecule has 0 bridgehead atoms. The number of piperidine rings is 1. The lowest BCUT2D eigenvalue weighted by Gasteiger charge is -2.49. The first-order chi connectivity index (χ1) is 17.1. The fourth-order valence-electron chi connectivity index (χ4n) is 5.83. The third kappa shape index (κ3) is 4.44. The van der Waals surface area contributed by atoms with Gasteiger partial charge in [-0.3, -0.25) is 14.2 Å². The zero-order valence-electron chi connectivity index (χ0n) is 19.4. The zero-order chi connectivity index (χ0) is 25.7. The first-order valence-corrected chi connectivity index (χ1v) is 13.3. The Balaban J connectivity index is 1.46. The van der Waals surface area contributed by atoms with Gasteiger partial charge >= 0.3 is 6.03 Å². The van der Waals surface area contributed by atoms with E-state index in [0.717, 1.165) is 0 Å². The second-order valence-corrected chi connectivity index (χ2v) is 11.0. The number of anilines is 2. The summed E-state index contributed by atoms with van der Waals surface area (Å²) in [5.41, 5.74) is 0.657. The van der Waals surface area contributed by atoms with Gasteiger partial charge in [-0.25, -0.2) is 13.6 Å². The molecule has 3 amide bonds. The number of rotatable bonds is 7. The van der Waals surface area contributed by atoms with E-state index in [1.807, 2.05) is 0 Å². The van der Waals surface area contributed by atoms with Crippen molar-refractivity contribution >= 4 is 33.4 Å². The Bertz CT molecular complexity index is 1290. The van der Waals surface area contributed by atoms with Gasteiger partial charge in [0, 0.05) is 36.9 Å². The van der Waals surface area contributed by atoms with Crippen molar-refractivity contribution in [3.63, 3.8) is 0 Å². The van der Waals surface area contributed by atoms with E-state index in [2.05, 4.69) is 10.2 Å². The molecule has 0 unspecified atom stereocenters. The molecule has 2 aromatic carbocycles. The minimum absolute atomic E-state index is 0.00958. The SMILES string of the molecule is O=C1CNC(=O)N1CCCN1CC[C@]2(CS(=O)(=O)O)[C@@H](C1)c1cc(F)ccc1N2c1ccc(F)cc1. The number of amides is 3. The molecule has 0 spiro atoms. The number of hydrogen-bond acceptors (Lipinski definition) is 6. The number of fused-ring (bicyclic) bond motifs is 3. The number of benzene rings is 2. The summed E-state index contributed by atoms with van der Waals surface area (Å²) in [5, 5.41) is 2.48. The largest absolute Gasteiger partial charge is 0.333 e. The molecule has 2 saturated heterocycles. The highest BCUT2D eigenvalue weighted by Crippen LogP contribution is 2.55. The standard InChI is InChI=1S/C24H26F2N4O5S/c25-16-2-5-18(6-3-16)30-21-7-4-17(26)12-19(21)20-14-28(11-8-24(20,30)15-36(33,34)35)9-1-10-29-22(31)13-27-23(29)32/h2-7,12,20H,1,8-11,13-15H2,(H,27,32)(H,33,34,35)/t20-,24-/m0/s1. The number of hydrogen-bond donors (Lipinski definition) is 2. The average molecular weight is 521 g/mol. The number of urea groups is 1. The molecule has 9 nitrogen and oxygen atoms in total. The van der Waals surface area contributed by atoms with Crippen LogP contribution in [-0.2, 0) is 14.9 Å². The highest BCUT2D eigenvalue weighted by Gasteiger charge is 2.56. The average Bonchev–Trinajstić information content (AvgIpc) is 3.27. The Labute approximate surface area is 207 Å². The number of imide groups is 1. The van der Waals surface area contributed by atoms with Crippen molar-refractivity contribution in [1.82, 2.24) is 15.1 Å². The summed E-state index contributed by atoms with van der Waals surface area (Å²) in [5.74, 6) is -2.24. The predicted molar refractivity (Wildman–Crippen MR) is 128 cm³/mol. The number of nitrogens with one attached hydrogen (secondary N) is 1. The maximum atomic E-state index is 14.4. The van der Waals surface area contributed by atoms with Crippen LogP contribution in [-0.4, -0.2) is 78.7 Å². The van der Waals surface area contributed by atoms with E-state index >= 15 is 0 Å². The Morgan fingerprint density at radius 3 is 2.44 bits per heavy atom. The van der Waals surface area contributed by atoms with Crippen molar-refractivity contribution in [3.05, 3.63) is 59.7 Å². The summed E-state index contributed by atoms with van der Waals surface area (Å²) >= 11 is 0.